The van der Waals surface area contributed by atoms with Crippen molar-refractivity contribution in [1.29, 1.82) is 0 Å². The number of alkyl halides is 3. The van der Waals surface area contributed by atoms with Crippen LogP contribution >= 0.6 is 11.3 Å². The minimum absolute atomic E-state index is 0.163. The van der Waals surface area contributed by atoms with Crippen molar-refractivity contribution < 1.29 is 17.9 Å². The highest BCUT2D eigenvalue weighted by atomic mass is 32.1. The maximum absolute atomic E-state index is 12.7. The molecule has 0 unspecified atom stereocenters. The van der Waals surface area contributed by atoms with Gasteiger partial charge in [0.1, 0.15) is 10.8 Å². The number of hydrogen-bond acceptors (Lipinski definition) is 6. The molecule has 2 aromatic rings. The molecule has 0 aliphatic carbocycles. The van der Waals surface area contributed by atoms with Crippen LogP contribution in [0.15, 0.2) is 28.7 Å². The lowest BCUT2D eigenvalue weighted by Gasteiger charge is -2.29. The molecule has 11 heteroatoms. The molecule has 3 rings (SSSR count). The zero-order valence-electron chi connectivity index (χ0n) is 16.0. The summed E-state index contributed by atoms with van der Waals surface area (Å²) in [6.07, 6.45) is -2.67. The molecule has 158 valence electrons. The van der Waals surface area contributed by atoms with Crippen LogP contribution in [0.4, 0.5) is 19.0 Å². The van der Waals surface area contributed by atoms with Crippen LogP contribution < -0.4 is 15.5 Å². The Labute approximate surface area is 171 Å². The molecular weight excluding hydrogens is 405 g/mol. The predicted molar refractivity (Wildman–Crippen MR) is 106 cm³/mol. The third kappa shape index (κ3) is 6.04. The number of anilines is 1. The van der Waals surface area contributed by atoms with Crippen LogP contribution in [-0.2, 0) is 24.0 Å². The lowest BCUT2D eigenvalue weighted by Crippen LogP contribution is -2.38. The number of nitrogens with one attached hydrogen (secondary N) is 2. The van der Waals surface area contributed by atoms with Crippen molar-refractivity contribution in [3.05, 3.63) is 40.0 Å². The molecule has 1 saturated heterocycles. The fraction of sp³-hybridized carbons (Fsp3) is 0.500. The van der Waals surface area contributed by atoms with Crippen LogP contribution in [0.2, 0.25) is 0 Å². The first kappa shape index (κ1) is 21.3. The summed E-state index contributed by atoms with van der Waals surface area (Å²) in [6.45, 7) is 5.98. The maximum atomic E-state index is 12.7. The molecule has 0 radical (unpaired) electrons. The highest BCUT2D eigenvalue weighted by Crippen LogP contribution is 2.29. The standard InChI is InChI=1S/C18H23F3N6OS/c1-2-22-17(25-11-15-26-14(12-29-15)18(19,20)21)24-10-13-4-3-5-23-16(13)27-6-8-28-9-7-27/h3-5,12H,2,6-11H2,1H3,(H2,22,24,25). The number of aliphatic imine (C=N–C) groups is 1. The zero-order chi connectivity index (χ0) is 20.7. The summed E-state index contributed by atoms with van der Waals surface area (Å²) >= 11 is 0.967. The number of aromatic nitrogens is 2. The second-order valence-electron chi connectivity index (χ2n) is 6.26. The Balaban J connectivity index is 1.66. The minimum Gasteiger partial charge on any atom is -0.378 e. The van der Waals surface area contributed by atoms with E-state index >= 15 is 0 Å². The van der Waals surface area contributed by atoms with Gasteiger partial charge in [-0.05, 0) is 13.0 Å². The maximum Gasteiger partial charge on any atom is 0.434 e. The fourth-order valence-electron chi connectivity index (χ4n) is 2.80. The Morgan fingerprint density at radius 2 is 2.10 bits per heavy atom. The van der Waals surface area contributed by atoms with Gasteiger partial charge in [-0.2, -0.15) is 13.2 Å². The third-order valence-electron chi connectivity index (χ3n) is 4.18. The summed E-state index contributed by atoms with van der Waals surface area (Å²) in [5, 5.41) is 7.50. The highest BCUT2D eigenvalue weighted by molar-refractivity contribution is 7.09. The largest absolute Gasteiger partial charge is 0.434 e. The van der Waals surface area contributed by atoms with Gasteiger partial charge in [0.15, 0.2) is 11.7 Å². The number of hydrogen-bond donors (Lipinski definition) is 2. The van der Waals surface area contributed by atoms with Gasteiger partial charge in [0.25, 0.3) is 0 Å². The smallest absolute Gasteiger partial charge is 0.378 e. The molecule has 7 nitrogen and oxygen atoms in total. The molecule has 0 saturated carbocycles. The molecule has 2 N–H and O–H groups in total. The van der Waals surface area contributed by atoms with Crippen molar-refractivity contribution in [1.82, 2.24) is 20.6 Å². The summed E-state index contributed by atoms with van der Waals surface area (Å²) < 4.78 is 43.5. The van der Waals surface area contributed by atoms with E-state index in [2.05, 4.69) is 30.5 Å². The van der Waals surface area contributed by atoms with Crippen molar-refractivity contribution in [2.45, 2.75) is 26.2 Å². The molecule has 2 aromatic heterocycles. The summed E-state index contributed by atoms with van der Waals surface area (Å²) in [7, 11) is 0. The monoisotopic (exact) mass is 428 g/mol. The van der Waals surface area contributed by atoms with E-state index in [0.29, 0.717) is 37.3 Å². The normalized spacial score (nSPS) is 15.4. The average molecular weight is 428 g/mol. The number of guanidine groups is 1. The number of halogens is 3. The first-order chi connectivity index (χ1) is 14.0. The Morgan fingerprint density at radius 1 is 1.31 bits per heavy atom. The number of ether oxygens (including phenoxy) is 1. The predicted octanol–water partition coefficient (Wildman–Crippen LogP) is 2.65. The van der Waals surface area contributed by atoms with Gasteiger partial charge >= 0.3 is 6.18 Å². The van der Waals surface area contributed by atoms with Gasteiger partial charge in [0.05, 0.1) is 26.3 Å². The van der Waals surface area contributed by atoms with Crippen molar-refractivity contribution in [3.8, 4) is 0 Å². The molecule has 1 fully saturated rings. The van der Waals surface area contributed by atoms with Gasteiger partial charge < -0.3 is 20.3 Å². The van der Waals surface area contributed by atoms with Crippen LogP contribution in [0.25, 0.3) is 0 Å². The van der Waals surface area contributed by atoms with E-state index in [9.17, 15) is 13.2 Å². The zero-order valence-corrected chi connectivity index (χ0v) is 16.8. The first-order valence-corrected chi connectivity index (χ1v) is 10.2. The van der Waals surface area contributed by atoms with Crippen molar-refractivity contribution >= 4 is 23.1 Å². The minimum atomic E-state index is -4.43. The number of pyridine rings is 1. The van der Waals surface area contributed by atoms with Gasteiger partial charge in [-0.1, -0.05) is 6.07 Å². The number of rotatable bonds is 6. The Bertz CT molecular complexity index is 820. The molecular formula is C18H23F3N6OS. The number of thiazole rings is 1. The van der Waals surface area contributed by atoms with Gasteiger partial charge in [-0.3, -0.25) is 0 Å². The van der Waals surface area contributed by atoms with E-state index in [1.807, 2.05) is 19.1 Å². The SMILES string of the molecule is CCNC(=NCc1cccnc1N1CCOCC1)NCc1nc(C(F)(F)F)cs1. The molecule has 0 atom stereocenters. The van der Waals surface area contributed by atoms with Crippen LogP contribution in [0.3, 0.4) is 0 Å². The van der Waals surface area contributed by atoms with E-state index in [1.54, 1.807) is 6.20 Å². The van der Waals surface area contributed by atoms with Crippen molar-refractivity contribution in [3.63, 3.8) is 0 Å². The third-order valence-corrected chi connectivity index (χ3v) is 5.03. The van der Waals surface area contributed by atoms with E-state index in [0.717, 1.165) is 41.2 Å². The molecule has 0 spiro atoms. The Kier molecular flexibility index (Phi) is 7.26. The van der Waals surface area contributed by atoms with Crippen LogP contribution in [0.1, 0.15) is 23.2 Å². The van der Waals surface area contributed by atoms with Crippen LogP contribution in [0.5, 0.6) is 0 Å². The summed E-state index contributed by atoms with van der Waals surface area (Å²) in [4.78, 5) is 14.8. The fourth-order valence-corrected chi connectivity index (χ4v) is 3.54. The van der Waals surface area contributed by atoms with Gasteiger partial charge in [0.2, 0.25) is 0 Å². The lowest BCUT2D eigenvalue weighted by atomic mass is 10.2. The lowest BCUT2D eigenvalue weighted by molar-refractivity contribution is -0.140. The summed E-state index contributed by atoms with van der Waals surface area (Å²) in [5.74, 6) is 1.39. The van der Waals surface area contributed by atoms with E-state index in [1.165, 1.54) is 0 Å². The molecule has 1 aliphatic rings. The second-order valence-corrected chi connectivity index (χ2v) is 7.20. The van der Waals surface area contributed by atoms with Crippen molar-refractivity contribution in [2.24, 2.45) is 4.99 Å². The number of morpholine rings is 1. The van der Waals surface area contributed by atoms with E-state index in [4.69, 9.17) is 4.74 Å². The Morgan fingerprint density at radius 3 is 2.79 bits per heavy atom. The molecule has 0 bridgehead atoms. The van der Waals surface area contributed by atoms with Gasteiger partial charge in [-0.25, -0.2) is 15.0 Å². The molecule has 1 aliphatic heterocycles. The van der Waals surface area contributed by atoms with Crippen LogP contribution in [0, 0.1) is 0 Å². The second kappa shape index (κ2) is 9.88. The Hall–Kier alpha value is -2.40. The highest BCUT2D eigenvalue weighted by Gasteiger charge is 2.33. The topological polar surface area (TPSA) is 74.7 Å². The summed E-state index contributed by atoms with van der Waals surface area (Å²) in [6, 6.07) is 3.84. The molecule has 3 heterocycles. The molecule has 29 heavy (non-hydrogen) atoms. The van der Waals surface area contributed by atoms with E-state index < -0.39 is 11.9 Å². The van der Waals surface area contributed by atoms with Gasteiger partial charge in [-0.15, -0.1) is 11.3 Å². The average Bonchev–Trinajstić information content (AvgIpc) is 3.21. The first-order valence-electron chi connectivity index (χ1n) is 9.27. The van der Waals surface area contributed by atoms with Crippen molar-refractivity contribution in [2.75, 3.05) is 37.7 Å². The van der Waals surface area contributed by atoms with E-state index in [-0.39, 0.29) is 6.54 Å². The number of nitrogens with zero attached hydrogens (tertiary/aromatic N) is 4. The molecule has 0 amide bonds. The summed E-state index contributed by atoms with van der Waals surface area (Å²) in [5.41, 5.74) is 0.104. The van der Waals surface area contributed by atoms with Gasteiger partial charge in [0, 0.05) is 36.8 Å². The molecule has 0 aromatic carbocycles. The van der Waals surface area contributed by atoms with Crippen LogP contribution in [-0.4, -0.2) is 48.8 Å². The quantitative estimate of drug-likeness (QED) is 0.544.